The number of carbonyl (C=O) groups is 1. The molecule has 1 unspecified atom stereocenters. The maximum Gasteiger partial charge on any atom is 0.304 e. The van der Waals surface area contributed by atoms with E-state index >= 15 is 0 Å². The molecule has 1 N–H and O–H groups in total. The molecule has 82 valence electrons. The lowest BCUT2D eigenvalue weighted by Crippen LogP contribution is -2.17. The second kappa shape index (κ2) is 6.63. The highest BCUT2D eigenvalue weighted by Crippen LogP contribution is 2.29. The van der Waals surface area contributed by atoms with E-state index in [0.717, 1.165) is 12.8 Å². The summed E-state index contributed by atoms with van der Waals surface area (Å²) in [7, 11) is 0. The molecule has 0 saturated carbocycles. The van der Waals surface area contributed by atoms with Gasteiger partial charge in [0.25, 0.3) is 0 Å². The van der Waals surface area contributed by atoms with Gasteiger partial charge in [0.15, 0.2) is 0 Å². The van der Waals surface area contributed by atoms with Gasteiger partial charge in [-0.2, -0.15) is 0 Å². The van der Waals surface area contributed by atoms with Crippen molar-refractivity contribution in [3.8, 4) is 0 Å². The Morgan fingerprint density at radius 1 is 1.43 bits per heavy atom. The van der Waals surface area contributed by atoms with Gasteiger partial charge in [0.2, 0.25) is 0 Å². The number of hydrogen-bond acceptors (Lipinski definition) is 1. The van der Waals surface area contributed by atoms with E-state index in [-0.39, 0.29) is 11.8 Å². The van der Waals surface area contributed by atoms with Crippen LogP contribution in [0.1, 0.15) is 52.4 Å². The highest BCUT2D eigenvalue weighted by molar-refractivity contribution is 5.68. The molecule has 0 spiro atoms. The summed E-state index contributed by atoms with van der Waals surface area (Å²) >= 11 is 0. The van der Waals surface area contributed by atoms with Crippen molar-refractivity contribution in [2.45, 2.75) is 52.4 Å². The lowest BCUT2D eigenvalue weighted by atomic mass is 9.81. The van der Waals surface area contributed by atoms with Crippen LogP contribution in [0.5, 0.6) is 0 Å². The van der Waals surface area contributed by atoms with Crippen molar-refractivity contribution in [3.05, 3.63) is 12.7 Å². The Balaban J connectivity index is 3.86. The normalized spacial score (nSPS) is 14.7. The van der Waals surface area contributed by atoms with Gasteiger partial charge >= 0.3 is 5.97 Å². The molecule has 1 atom stereocenters. The number of aliphatic carboxylic acids is 1. The molecule has 0 aromatic heterocycles. The van der Waals surface area contributed by atoms with Crippen LogP contribution < -0.4 is 0 Å². The fourth-order valence-electron chi connectivity index (χ4n) is 1.56. The molecule has 0 aliphatic heterocycles. The van der Waals surface area contributed by atoms with E-state index in [4.69, 9.17) is 5.11 Å². The van der Waals surface area contributed by atoms with Crippen molar-refractivity contribution in [2.75, 3.05) is 0 Å². The van der Waals surface area contributed by atoms with Crippen molar-refractivity contribution in [3.63, 3.8) is 0 Å². The summed E-state index contributed by atoms with van der Waals surface area (Å²) in [5.41, 5.74) is -0.223. The minimum absolute atomic E-state index is 0.197. The van der Waals surface area contributed by atoms with Gasteiger partial charge in [-0.15, -0.1) is 6.58 Å². The third-order valence-electron chi connectivity index (χ3n) is 2.65. The van der Waals surface area contributed by atoms with Gasteiger partial charge in [-0.1, -0.05) is 45.6 Å². The Bertz CT molecular complexity index is 187. The fourth-order valence-corrected chi connectivity index (χ4v) is 1.56. The molecule has 0 aliphatic carbocycles. The minimum atomic E-state index is -0.733. The van der Waals surface area contributed by atoms with E-state index in [1.54, 1.807) is 6.08 Å². The number of rotatable bonds is 8. The second-order valence-corrected chi connectivity index (χ2v) is 4.24. The molecule has 0 heterocycles. The molecule has 0 rings (SSSR count). The monoisotopic (exact) mass is 198 g/mol. The number of carboxylic acid groups (broad SMARTS) is 1. The molecule has 0 aromatic carbocycles. The third-order valence-corrected chi connectivity index (χ3v) is 2.65. The van der Waals surface area contributed by atoms with Gasteiger partial charge in [0.1, 0.15) is 0 Å². The number of hydrogen-bond donors (Lipinski definition) is 1. The molecule has 0 fully saturated rings. The molecule has 0 aliphatic rings. The van der Waals surface area contributed by atoms with Crippen molar-refractivity contribution < 1.29 is 9.90 Å². The van der Waals surface area contributed by atoms with E-state index in [9.17, 15) is 4.79 Å². The summed E-state index contributed by atoms with van der Waals surface area (Å²) in [6.07, 6.45) is 7.66. The molecule has 14 heavy (non-hydrogen) atoms. The van der Waals surface area contributed by atoms with Gasteiger partial charge in [-0.3, -0.25) is 4.79 Å². The largest absolute Gasteiger partial charge is 0.481 e. The Labute approximate surface area is 87.0 Å². The SMILES string of the molecule is C=CC(C)(CCCCCC)CC(=O)O. The van der Waals surface area contributed by atoms with Crippen molar-refractivity contribution >= 4 is 5.97 Å². The molecule has 2 nitrogen and oxygen atoms in total. The first kappa shape index (κ1) is 13.2. The fraction of sp³-hybridized carbons (Fsp3) is 0.750. The number of allylic oxidation sites excluding steroid dienone is 1. The van der Waals surface area contributed by atoms with Crippen LogP contribution in [0.4, 0.5) is 0 Å². The first-order valence-corrected chi connectivity index (χ1v) is 5.39. The van der Waals surface area contributed by atoms with E-state index in [2.05, 4.69) is 13.5 Å². The molecule has 0 bridgehead atoms. The highest BCUT2D eigenvalue weighted by atomic mass is 16.4. The van der Waals surface area contributed by atoms with Gasteiger partial charge in [0, 0.05) is 0 Å². The summed E-state index contributed by atoms with van der Waals surface area (Å²) in [4.78, 5) is 10.6. The number of carboxylic acids is 1. The van der Waals surface area contributed by atoms with Crippen LogP contribution in [-0.2, 0) is 4.79 Å². The first-order valence-electron chi connectivity index (χ1n) is 5.39. The quantitative estimate of drug-likeness (QED) is 0.477. The lowest BCUT2D eigenvalue weighted by Gasteiger charge is -2.23. The molecule has 0 saturated heterocycles. The van der Waals surface area contributed by atoms with Crippen LogP contribution in [0.15, 0.2) is 12.7 Å². The Hall–Kier alpha value is -0.790. The smallest absolute Gasteiger partial charge is 0.304 e. The lowest BCUT2D eigenvalue weighted by molar-refractivity contribution is -0.138. The van der Waals surface area contributed by atoms with Crippen molar-refractivity contribution in [2.24, 2.45) is 5.41 Å². The van der Waals surface area contributed by atoms with Crippen LogP contribution in [0.25, 0.3) is 0 Å². The zero-order valence-corrected chi connectivity index (χ0v) is 9.38. The van der Waals surface area contributed by atoms with Crippen LogP contribution >= 0.6 is 0 Å². The zero-order valence-electron chi connectivity index (χ0n) is 9.38. The van der Waals surface area contributed by atoms with Gasteiger partial charge in [-0.25, -0.2) is 0 Å². The standard InChI is InChI=1S/C12H22O2/c1-4-6-7-8-9-12(3,5-2)10-11(13)14/h5H,2,4,6-10H2,1,3H3,(H,13,14). The zero-order chi connectivity index (χ0) is 11.0. The summed E-state index contributed by atoms with van der Waals surface area (Å²) in [5.74, 6) is -0.733. The van der Waals surface area contributed by atoms with E-state index in [1.165, 1.54) is 19.3 Å². The summed E-state index contributed by atoms with van der Waals surface area (Å²) < 4.78 is 0. The average Bonchev–Trinajstić information content (AvgIpc) is 2.11. The highest BCUT2D eigenvalue weighted by Gasteiger charge is 2.22. The molecular weight excluding hydrogens is 176 g/mol. The van der Waals surface area contributed by atoms with Crippen LogP contribution in [0.3, 0.4) is 0 Å². The van der Waals surface area contributed by atoms with Gasteiger partial charge < -0.3 is 5.11 Å². The van der Waals surface area contributed by atoms with Gasteiger partial charge in [-0.05, 0) is 11.8 Å². The first-order chi connectivity index (χ1) is 6.54. The van der Waals surface area contributed by atoms with Crippen LogP contribution in [-0.4, -0.2) is 11.1 Å². The Kier molecular flexibility index (Phi) is 6.26. The van der Waals surface area contributed by atoms with Crippen molar-refractivity contribution in [1.82, 2.24) is 0 Å². The molecule has 0 aromatic rings. The summed E-state index contributed by atoms with van der Waals surface area (Å²) in [5, 5.41) is 8.74. The van der Waals surface area contributed by atoms with E-state index in [1.807, 2.05) is 6.92 Å². The topological polar surface area (TPSA) is 37.3 Å². The predicted octanol–water partition coefficient (Wildman–Crippen LogP) is 3.62. The van der Waals surface area contributed by atoms with Crippen molar-refractivity contribution in [1.29, 1.82) is 0 Å². The van der Waals surface area contributed by atoms with Crippen LogP contribution in [0.2, 0.25) is 0 Å². The Morgan fingerprint density at radius 2 is 2.07 bits per heavy atom. The molecular formula is C12H22O2. The third kappa shape index (κ3) is 5.79. The van der Waals surface area contributed by atoms with E-state index < -0.39 is 5.97 Å². The van der Waals surface area contributed by atoms with E-state index in [0.29, 0.717) is 0 Å². The molecule has 2 heteroatoms. The van der Waals surface area contributed by atoms with Crippen LogP contribution in [0, 0.1) is 5.41 Å². The maximum atomic E-state index is 10.6. The molecule has 0 amide bonds. The molecule has 0 radical (unpaired) electrons. The summed E-state index contributed by atoms with van der Waals surface area (Å²) in [6.45, 7) is 7.86. The number of unbranched alkanes of at least 4 members (excludes halogenated alkanes) is 3. The Morgan fingerprint density at radius 3 is 2.50 bits per heavy atom. The minimum Gasteiger partial charge on any atom is -0.481 e. The summed E-state index contributed by atoms with van der Waals surface area (Å²) in [6, 6.07) is 0. The average molecular weight is 198 g/mol. The van der Waals surface area contributed by atoms with Gasteiger partial charge in [0.05, 0.1) is 6.42 Å². The predicted molar refractivity (Wildman–Crippen MR) is 59.3 cm³/mol. The second-order valence-electron chi connectivity index (χ2n) is 4.24. The maximum absolute atomic E-state index is 10.6.